The fourth-order valence-corrected chi connectivity index (χ4v) is 2.75. The number of rotatable bonds is 5. The monoisotopic (exact) mass is 273 g/mol. The molecule has 0 aromatic rings. The number of carbonyl (C=O) groups excluding carboxylic acids is 1. The molecule has 0 aromatic heterocycles. The van der Waals surface area contributed by atoms with E-state index in [2.05, 4.69) is 12.2 Å². The first-order valence-electron chi connectivity index (χ1n) is 6.52. The number of thioether (sulfide) groups is 1. The van der Waals surface area contributed by atoms with Gasteiger partial charge in [-0.25, -0.2) is 4.79 Å². The second-order valence-electron chi connectivity index (χ2n) is 5.48. The molecule has 1 fully saturated rings. The molecular formula is C13H23NO3S. The molecule has 104 valence electrons. The molecule has 1 saturated carbocycles. The summed E-state index contributed by atoms with van der Waals surface area (Å²) in [6.07, 6.45) is 2.82. The average molecular weight is 273 g/mol. The van der Waals surface area contributed by atoms with Gasteiger partial charge in [-0.1, -0.05) is 20.8 Å². The van der Waals surface area contributed by atoms with Gasteiger partial charge in [0, 0.05) is 0 Å². The topological polar surface area (TPSA) is 66.4 Å². The summed E-state index contributed by atoms with van der Waals surface area (Å²) in [4.78, 5) is 23.2. The van der Waals surface area contributed by atoms with Crippen LogP contribution in [0.4, 0.5) is 0 Å². The van der Waals surface area contributed by atoms with Crippen LogP contribution < -0.4 is 5.32 Å². The van der Waals surface area contributed by atoms with Crippen molar-refractivity contribution in [1.29, 1.82) is 0 Å². The van der Waals surface area contributed by atoms with Gasteiger partial charge in [0.25, 0.3) is 0 Å². The molecule has 2 N–H and O–H groups in total. The van der Waals surface area contributed by atoms with E-state index in [0.29, 0.717) is 29.8 Å². The van der Waals surface area contributed by atoms with Crippen molar-refractivity contribution in [3.63, 3.8) is 0 Å². The van der Waals surface area contributed by atoms with E-state index in [0.717, 1.165) is 12.8 Å². The number of hydrogen-bond donors (Lipinski definition) is 2. The number of carbonyl (C=O) groups is 2. The third-order valence-corrected chi connectivity index (χ3v) is 4.56. The van der Waals surface area contributed by atoms with E-state index in [1.807, 2.05) is 13.8 Å². The number of amides is 1. The van der Waals surface area contributed by atoms with Gasteiger partial charge in [0.1, 0.15) is 5.54 Å². The molecular weight excluding hydrogens is 250 g/mol. The van der Waals surface area contributed by atoms with Gasteiger partial charge in [0.15, 0.2) is 0 Å². The Kier molecular flexibility index (Phi) is 5.50. The van der Waals surface area contributed by atoms with Gasteiger partial charge >= 0.3 is 5.97 Å². The van der Waals surface area contributed by atoms with Gasteiger partial charge < -0.3 is 10.4 Å². The van der Waals surface area contributed by atoms with Crippen molar-refractivity contribution >= 4 is 23.6 Å². The molecule has 0 unspecified atom stereocenters. The minimum Gasteiger partial charge on any atom is -0.480 e. The minimum absolute atomic E-state index is 0.161. The highest BCUT2D eigenvalue weighted by atomic mass is 32.2. The fraction of sp³-hybridized carbons (Fsp3) is 0.846. The van der Waals surface area contributed by atoms with Crippen LogP contribution in [0.25, 0.3) is 0 Å². The molecule has 0 heterocycles. The van der Waals surface area contributed by atoms with E-state index >= 15 is 0 Å². The molecule has 0 aliphatic heterocycles. The normalized spacial score (nSPS) is 28.1. The van der Waals surface area contributed by atoms with Gasteiger partial charge in [-0.15, -0.1) is 11.8 Å². The van der Waals surface area contributed by atoms with Crippen molar-refractivity contribution in [3.8, 4) is 0 Å². The first-order chi connectivity index (χ1) is 8.35. The Labute approximate surface area is 113 Å². The minimum atomic E-state index is -1.03. The third kappa shape index (κ3) is 4.19. The number of carboxylic acids is 1. The standard InChI is InChI=1S/C13H23NO3S/c1-9(2)18-8-11(15)14-13(12(16)17)6-4-10(3)5-7-13/h9-10H,4-8H2,1-3H3,(H,14,15)(H,16,17). The maximum absolute atomic E-state index is 11.8. The summed E-state index contributed by atoms with van der Waals surface area (Å²) >= 11 is 1.53. The Balaban J connectivity index is 2.58. The lowest BCUT2D eigenvalue weighted by Crippen LogP contribution is -2.56. The molecule has 1 rings (SSSR count). The van der Waals surface area contributed by atoms with E-state index < -0.39 is 11.5 Å². The Bertz CT molecular complexity index is 309. The van der Waals surface area contributed by atoms with Crippen molar-refractivity contribution < 1.29 is 14.7 Å². The van der Waals surface area contributed by atoms with Crippen LogP contribution in [0.1, 0.15) is 46.5 Å². The first kappa shape index (κ1) is 15.3. The second kappa shape index (κ2) is 6.45. The van der Waals surface area contributed by atoms with Crippen molar-refractivity contribution in [2.45, 2.75) is 57.2 Å². The SMILES string of the molecule is CC1CCC(NC(=O)CSC(C)C)(C(=O)O)CC1. The zero-order valence-corrected chi connectivity index (χ0v) is 12.2. The van der Waals surface area contributed by atoms with Crippen LogP contribution in [-0.2, 0) is 9.59 Å². The van der Waals surface area contributed by atoms with Crippen molar-refractivity contribution in [3.05, 3.63) is 0 Å². The summed E-state index contributed by atoms with van der Waals surface area (Å²) in [5, 5.41) is 12.5. The van der Waals surface area contributed by atoms with E-state index in [1.165, 1.54) is 11.8 Å². The van der Waals surface area contributed by atoms with Gasteiger partial charge in [-0.2, -0.15) is 0 Å². The molecule has 0 atom stereocenters. The highest BCUT2D eigenvalue weighted by Gasteiger charge is 2.42. The van der Waals surface area contributed by atoms with Crippen LogP contribution in [0, 0.1) is 5.92 Å². The molecule has 0 aromatic carbocycles. The van der Waals surface area contributed by atoms with E-state index in [-0.39, 0.29) is 5.91 Å². The Hall–Kier alpha value is -0.710. The summed E-state index contributed by atoms with van der Waals surface area (Å²) in [5.41, 5.74) is -1.03. The van der Waals surface area contributed by atoms with Gasteiger partial charge in [0.2, 0.25) is 5.91 Å². The van der Waals surface area contributed by atoms with Gasteiger partial charge in [0.05, 0.1) is 5.75 Å². The molecule has 0 saturated heterocycles. The summed E-state index contributed by atoms with van der Waals surface area (Å²) in [6, 6.07) is 0. The molecule has 0 radical (unpaired) electrons. The van der Waals surface area contributed by atoms with Crippen molar-refractivity contribution in [2.24, 2.45) is 5.92 Å². The largest absolute Gasteiger partial charge is 0.480 e. The molecule has 0 spiro atoms. The maximum atomic E-state index is 11.8. The number of nitrogens with one attached hydrogen (secondary N) is 1. The highest BCUT2D eigenvalue weighted by Crippen LogP contribution is 2.32. The van der Waals surface area contributed by atoms with Gasteiger partial charge in [-0.05, 0) is 36.9 Å². The molecule has 0 bridgehead atoms. The van der Waals surface area contributed by atoms with Crippen LogP contribution in [-0.4, -0.2) is 33.5 Å². The number of carboxylic acid groups (broad SMARTS) is 1. The third-order valence-electron chi connectivity index (χ3n) is 3.46. The zero-order chi connectivity index (χ0) is 13.8. The fourth-order valence-electron chi connectivity index (χ4n) is 2.19. The van der Waals surface area contributed by atoms with Gasteiger partial charge in [-0.3, -0.25) is 4.79 Å². The summed E-state index contributed by atoms with van der Waals surface area (Å²) < 4.78 is 0. The smallest absolute Gasteiger partial charge is 0.329 e. The predicted molar refractivity (Wildman–Crippen MR) is 73.7 cm³/mol. The van der Waals surface area contributed by atoms with Crippen LogP contribution in [0.3, 0.4) is 0 Å². The Morgan fingerprint density at radius 3 is 2.39 bits per heavy atom. The number of hydrogen-bond acceptors (Lipinski definition) is 3. The molecule has 5 heteroatoms. The van der Waals surface area contributed by atoms with Crippen molar-refractivity contribution in [1.82, 2.24) is 5.32 Å². The van der Waals surface area contributed by atoms with E-state index in [9.17, 15) is 14.7 Å². The quantitative estimate of drug-likeness (QED) is 0.806. The van der Waals surface area contributed by atoms with Crippen molar-refractivity contribution in [2.75, 3.05) is 5.75 Å². The molecule has 4 nitrogen and oxygen atoms in total. The Morgan fingerprint density at radius 1 is 1.39 bits per heavy atom. The lowest BCUT2D eigenvalue weighted by atomic mass is 9.77. The lowest BCUT2D eigenvalue weighted by Gasteiger charge is -2.36. The molecule has 1 amide bonds. The summed E-state index contributed by atoms with van der Waals surface area (Å²) in [7, 11) is 0. The molecule has 1 aliphatic carbocycles. The molecule has 1 aliphatic rings. The van der Waals surface area contributed by atoms with Crippen LogP contribution in [0.2, 0.25) is 0 Å². The van der Waals surface area contributed by atoms with Crippen LogP contribution in [0.15, 0.2) is 0 Å². The molecule has 18 heavy (non-hydrogen) atoms. The maximum Gasteiger partial charge on any atom is 0.329 e. The Morgan fingerprint density at radius 2 is 1.94 bits per heavy atom. The summed E-state index contributed by atoms with van der Waals surface area (Å²) in [5.74, 6) is -0.162. The van der Waals surface area contributed by atoms with E-state index in [4.69, 9.17) is 0 Å². The summed E-state index contributed by atoms with van der Waals surface area (Å²) in [6.45, 7) is 6.17. The lowest BCUT2D eigenvalue weighted by molar-refractivity contribution is -0.149. The van der Waals surface area contributed by atoms with Crippen LogP contribution in [0.5, 0.6) is 0 Å². The first-order valence-corrected chi connectivity index (χ1v) is 7.56. The second-order valence-corrected chi connectivity index (χ2v) is 7.04. The predicted octanol–water partition coefficient (Wildman–Crippen LogP) is 2.28. The number of aliphatic carboxylic acids is 1. The van der Waals surface area contributed by atoms with E-state index in [1.54, 1.807) is 0 Å². The zero-order valence-electron chi connectivity index (χ0n) is 11.4. The average Bonchev–Trinajstić information content (AvgIpc) is 2.29. The highest BCUT2D eigenvalue weighted by molar-refractivity contribution is 8.00. The van der Waals surface area contributed by atoms with Crippen LogP contribution >= 0.6 is 11.8 Å².